The molecule has 2 N–H and O–H groups in total. The predicted molar refractivity (Wildman–Crippen MR) is 117 cm³/mol. The van der Waals surface area contributed by atoms with E-state index in [0.29, 0.717) is 27.9 Å². The average molecular weight is 478 g/mol. The molecule has 0 unspecified atom stereocenters. The van der Waals surface area contributed by atoms with Crippen molar-refractivity contribution in [3.05, 3.63) is 75.9 Å². The predicted octanol–water partition coefficient (Wildman–Crippen LogP) is 3.19. The number of carbonyl (C=O) groups excluding carboxylic acids is 1. The largest absolute Gasteiger partial charge is 0.459 e. The summed E-state index contributed by atoms with van der Waals surface area (Å²) in [7, 11) is -3.70. The van der Waals surface area contributed by atoms with Crippen LogP contribution in [0.25, 0.3) is 4.96 Å². The van der Waals surface area contributed by atoms with Crippen LogP contribution in [-0.4, -0.2) is 29.9 Å². The number of nitrogens with one attached hydrogen (secondary N) is 2. The Hall–Kier alpha value is -2.99. The molecule has 0 atom stereocenters. The van der Waals surface area contributed by atoms with E-state index in [1.807, 2.05) is 5.38 Å². The van der Waals surface area contributed by atoms with Gasteiger partial charge in [-0.05, 0) is 43.3 Å². The van der Waals surface area contributed by atoms with Gasteiger partial charge in [0.15, 0.2) is 4.96 Å². The highest BCUT2D eigenvalue weighted by atomic mass is 35.5. The standard InChI is InChI=1S/C19H16ClN5O4S2/c1-12-17(25-8-9-30-19(25)23-12)18(26)24-21-10-14-4-5-15(29-14)11-22-31(27,28)16-6-2-13(20)3-7-16/h2-10,22H,11H2,1H3,(H,24,26). The van der Waals surface area contributed by atoms with Crippen LogP contribution in [-0.2, 0) is 16.6 Å². The molecule has 0 fully saturated rings. The molecule has 3 heterocycles. The lowest BCUT2D eigenvalue weighted by Gasteiger charge is -2.05. The van der Waals surface area contributed by atoms with E-state index in [9.17, 15) is 13.2 Å². The number of rotatable bonds is 7. The number of amides is 1. The van der Waals surface area contributed by atoms with Crippen molar-refractivity contribution >= 4 is 50.0 Å². The monoisotopic (exact) mass is 477 g/mol. The molecule has 4 aromatic rings. The quantitative estimate of drug-likeness (QED) is 0.313. The molecule has 0 spiro atoms. The zero-order chi connectivity index (χ0) is 22.0. The van der Waals surface area contributed by atoms with Crippen molar-refractivity contribution in [3.8, 4) is 0 Å². The van der Waals surface area contributed by atoms with E-state index in [2.05, 4.69) is 20.2 Å². The highest BCUT2D eigenvalue weighted by Gasteiger charge is 2.17. The van der Waals surface area contributed by atoms with Crippen molar-refractivity contribution in [3.63, 3.8) is 0 Å². The molecular weight excluding hydrogens is 462 g/mol. The van der Waals surface area contributed by atoms with Crippen LogP contribution in [0.2, 0.25) is 5.02 Å². The van der Waals surface area contributed by atoms with Crippen molar-refractivity contribution in [2.24, 2.45) is 5.10 Å². The van der Waals surface area contributed by atoms with Crippen LogP contribution in [0.3, 0.4) is 0 Å². The lowest BCUT2D eigenvalue weighted by molar-refractivity contribution is 0.0948. The molecule has 0 saturated carbocycles. The number of halogens is 1. The lowest BCUT2D eigenvalue weighted by Crippen LogP contribution is -2.22. The van der Waals surface area contributed by atoms with Gasteiger partial charge in [-0.3, -0.25) is 9.20 Å². The number of sulfonamides is 1. The first-order chi connectivity index (χ1) is 14.8. The maximum Gasteiger partial charge on any atom is 0.290 e. The molecule has 1 amide bonds. The van der Waals surface area contributed by atoms with Gasteiger partial charge in [0.05, 0.1) is 23.3 Å². The molecular formula is C19H16ClN5O4S2. The Balaban J connectivity index is 1.36. The van der Waals surface area contributed by atoms with Gasteiger partial charge in [-0.1, -0.05) is 11.6 Å². The first-order valence-electron chi connectivity index (χ1n) is 8.93. The Labute approximate surface area is 186 Å². The van der Waals surface area contributed by atoms with Gasteiger partial charge in [-0.15, -0.1) is 11.3 Å². The van der Waals surface area contributed by atoms with E-state index >= 15 is 0 Å². The molecule has 4 rings (SSSR count). The SMILES string of the molecule is Cc1nc2sccn2c1C(=O)NN=Cc1ccc(CNS(=O)(=O)c2ccc(Cl)cc2)o1. The Kier molecular flexibility index (Phi) is 5.92. The number of aryl methyl sites for hydroxylation is 1. The number of hydrogen-bond acceptors (Lipinski definition) is 7. The zero-order valence-corrected chi connectivity index (χ0v) is 18.5. The zero-order valence-electron chi connectivity index (χ0n) is 16.1. The maximum absolute atomic E-state index is 12.4. The van der Waals surface area contributed by atoms with Crippen LogP contribution < -0.4 is 10.1 Å². The molecule has 9 nitrogen and oxygen atoms in total. The molecule has 160 valence electrons. The molecule has 0 aliphatic heterocycles. The Morgan fingerprint density at radius 3 is 2.84 bits per heavy atom. The van der Waals surface area contributed by atoms with E-state index in [4.69, 9.17) is 16.0 Å². The van der Waals surface area contributed by atoms with Crippen molar-refractivity contribution in [1.29, 1.82) is 0 Å². The van der Waals surface area contributed by atoms with E-state index in [1.54, 1.807) is 29.7 Å². The summed E-state index contributed by atoms with van der Waals surface area (Å²) >= 11 is 7.22. The Morgan fingerprint density at radius 1 is 1.29 bits per heavy atom. The molecule has 0 aliphatic rings. The number of nitrogens with zero attached hydrogens (tertiary/aromatic N) is 3. The van der Waals surface area contributed by atoms with E-state index in [-0.39, 0.29) is 11.4 Å². The highest BCUT2D eigenvalue weighted by molar-refractivity contribution is 7.89. The summed E-state index contributed by atoms with van der Waals surface area (Å²) in [6.07, 6.45) is 3.10. The van der Waals surface area contributed by atoms with Gasteiger partial charge in [0, 0.05) is 16.6 Å². The topological polar surface area (TPSA) is 118 Å². The molecule has 31 heavy (non-hydrogen) atoms. The maximum atomic E-state index is 12.4. The van der Waals surface area contributed by atoms with Gasteiger partial charge < -0.3 is 4.42 Å². The minimum absolute atomic E-state index is 0.0453. The number of fused-ring (bicyclic) bond motifs is 1. The van der Waals surface area contributed by atoms with Crippen LogP contribution in [0.15, 0.2) is 62.4 Å². The summed E-state index contributed by atoms with van der Waals surface area (Å²) in [5.41, 5.74) is 3.45. The number of furan rings is 1. The Bertz CT molecular complexity index is 1370. The molecule has 12 heteroatoms. The summed E-state index contributed by atoms with van der Waals surface area (Å²) in [6, 6.07) is 9.06. The van der Waals surface area contributed by atoms with Crippen molar-refractivity contribution in [2.75, 3.05) is 0 Å². The molecule has 0 aliphatic carbocycles. The number of hydrogen-bond donors (Lipinski definition) is 2. The minimum atomic E-state index is -3.70. The van der Waals surface area contributed by atoms with Gasteiger partial charge in [0.25, 0.3) is 5.91 Å². The minimum Gasteiger partial charge on any atom is -0.459 e. The second-order valence-electron chi connectivity index (χ2n) is 6.38. The van der Waals surface area contributed by atoms with Crippen LogP contribution in [0.4, 0.5) is 0 Å². The number of carbonyl (C=O) groups is 1. The smallest absolute Gasteiger partial charge is 0.290 e. The summed E-state index contributed by atoms with van der Waals surface area (Å²) in [6.45, 7) is 1.71. The van der Waals surface area contributed by atoms with Gasteiger partial charge in [0.1, 0.15) is 17.2 Å². The van der Waals surface area contributed by atoms with Crippen molar-refractivity contribution in [2.45, 2.75) is 18.4 Å². The molecule has 3 aromatic heterocycles. The number of hydrazone groups is 1. The fourth-order valence-corrected chi connectivity index (χ4v) is 4.68. The third-order valence-electron chi connectivity index (χ3n) is 4.25. The average Bonchev–Trinajstić information content (AvgIpc) is 3.43. The first kappa shape index (κ1) is 21.2. The van der Waals surface area contributed by atoms with Crippen LogP contribution in [0, 0.1) is 6.92 Å². The molecule has 0 radical (unpaired) electrons. The van der Waals surface area contributed by atoms with E-state index in [1.165, 1.54) is 41.8 Å². The number of aromatic nitrogens is 2. The van der Waals surface area contributed by atoms with Gasteiger partial charge in [-0.2, -0.15) is 5.10 Å². The van der Waals surface area contributed by atoms with E-state index in [0.717, 1.165) is 4.96 Å². The second-order valence-corrected chi connectivity index (χ2v) is 9.46. The number of benzene rings is 1. The third-order valence-corrected chi connectivity index (χ3v) is 6.68. The third kappa shape index (κ3) is 4.69. The van der Waals surface area contributed by atoms with Crippen molar-refractivity contribution < 1.29 is 17.6 Å². The van der Waals surface area contributed by atoms with Gasteiger partial charge >= 0.3 is 0 Å². The molecule has 0 saturated heterocycles. The highest BCUT2D eigenvalue weighted by Crippen LogP contribution is 2.17. The first-order valence-corrected chi connectivity index (χ1v) is 11.7. The van der Waals surface area contributed by atoms with Crippen LogP contribution in [0.5, 0.6) is 0 Å². The molecule has 1 aromatic carbocycles. The normalized spacial score (nSPS) is 12.1. The fourth-order valence-electron chi connectivity index (χ4n) is 2.80. The summed E-state index contributed by atoms with van der Waals surface area (Å²) in [5.74, 6) is 0.339. The van der Waals surface area contributed by atoms with Crippen LogP contribution >= 0.6 is 22.9 Å². The number of imidazole rings is 1. The molecule has 0 bridgehead atoms. The van der Waals surface area contributed by atoms with Crippen LogP contribution in [0.1, 0.15) is 27.7 Å². The van der Waals surface area contributed by atoms with Gasteiger partial charge in [-0.25, -0.2) is 23.5 Å². The number of thiazole rings is 1. The second kappa shape index (κ2) is 8.63. The van der Waals surface area contributed by atoms with E-state index < -0.39 is 15.9 Å². The summed E-state index contributed by atoms with van der Waals surface area (Å²) in [4.78, 5) is 17.5. The lowest BCUT2D eigenvalue weighted by atomic mass is 10.3. The van der Waals surface area contributed by atoms with Gasteiger partial charge in [0.2, 0.25) is 10.0 Å². The summed E-state index contributed by atoms with van der Waals surface area (Å²) < 4.78 is 34.3. The summed E-state index contributed by atoms with van der Waals surface area (Å²) in [5, 5.41) is 6.19. The Morgan fingerprint density at radius 2 is 2.06 bits per heavy atom. The fraction of sp³-hybridized carbons (Fsp3) is 0.105. The van der Waals surface area contributed by atoms with Crippen molar-refractivity contribution in [1.82, 2.24) is 19.5 Å².